The van der Waals surface area contributed by atoms with Crippen LogP contribution in [0.3, 0.4) is 0 Å². The van der Waals surface area contributed by atoms with Crippen LogP contribution < -0.4 is 0 Å². The van der Waals surface area contributed by atoms with Gasteiger partial charge in [0.2, 0.25) is 0 Å². The van der Waals surface area contributed by atoms with E-state index in [0.29, 0.717) is 0 Å². The lowest BCUT2D eigenvalue weighted by Gasteiger charge is -1.88. The van der Waals surface area contributed by atoms with E-state index >= 15 is 0 Å². The fourth-order valence-electron chi connectivity index (χ4n) is 0.134. The predicted molar refractivity (Wildman–Crippen MR) is 25.1 cm³/mol. The van der Waals surface area contributed by atoms with Crippen molar-refractivity contribution in [3.05, 3.63) is 6.92 Å². The van der Waals surface area contributed by atoms with Gasteiger partial charge in [-0.3, -0.25) is 0 Å². The van der Waals surface area contributed by atoms with Crippen molar-refractivity contribution in [3.8, 4) is 12.3 Å². The Morgan fingerprint density at radius 2 is 2.57 bits per heavy atom. The Bertz CT molecular complexity index is 99.1. The second kappa shape index (κ2) is 3.23. The highest BCUT2D eigenvalue weighted by Gasteiger charge is 1.87. The van der Waals surface area contributed by atoms with E-state index in [0.717, 1.165) is 0 Å². The summed E-state index contributed by atoms with van der Waals surface area (Å²) in [5.74, 6) is 1.11. The van der Waals surface area contributed by atoms with Crippen LogP contribution in [-0.2, 0) is 9.53 Å². The molecule has 0 saturated heterocycles. The highest BCUT2D eigenvalue weighted by molar-refractivity contribution is 5.87. The smallest absolute Gasteiger partial charge is 0.384 e. The molecule has 0 spiro atoms. The summed E-state index contributed by atoms with van der Waals surface area (Å²) < 4.78 is 4.20. The molecule has 0 aromatic rings. The van der Waals surface area contributed by atoms with Crippen molar-refractivity contribution in [1.29, 1.82) is 0 Å². The maximum absolute atomic E-state index is 9.91. The number of hydrogen-bond acceptors (Lipinski definition) is 2. The van der Waals surface area contributed by atoms with Gasteiger partial charge in [0.1, 0.15) is 0 Å². The zero-order valence-electron chi connectivity index (χ0n) is 3.81. The molecule has 0 rings (SSSR count). The van der Waals surface area contributed by atoms with Crippen molar-refractivity contribution in [2.75, 3.05) is 6.61 Å². The van der Waals surface area contributed by atoms with Gasteiger partial charge >= 0.3 is 5.97 Å². The van der Waals surface area contributed by atoms with Crippen molar-refractivity contribution in [1.82, 2.24) is 0 Å². The summed E-state index contributed by atoms with van der Waals surface area (Å²) in [6, 6.07) is 0. The molecule has 0 amide bonds. The summed E-state index contributed by atoms with van der Waals surface area (Å²) in [5.41, 5.74) is 0. The molecule has 0 aromatic carbocycles. The fraction of sp³-hybridized carbons (Fsp3) is 0.200. The maximum Gasteiger partial charge on any atom is 0.384 e. The number of ether oxygens (including phenoxy) is 1. The lowest BCUT2D eigenvalue weighted by Crippen LogP contribution is -1.98. The topological polar surface area (TPSA) is 26.3 Å². The monoisotopic (exact) mass is 97.0 g/mol. The zero-order chi connectivity index (χ0) is 5.70. The van der Waals surface area contributed by atoms with E-state index in [1.54, 1.807) is 5.92 Å². The maximum atomic E-state index is 9.91. The first-order valence-electron chi connectivity index (χ1n) is 1.74. The average molecular weight is 97.1 g/mol. The van der Waals surface area contributed by atoms with E-state index in [2.05, 4.69) is 18.1 Å². The first-order valence-corrected chi connectivity index (χ1v) is 1.74. The van der Waals surface area contributed by atoms with Crippen molar-refractivity contribution < 1.29 is 9.53 Å². The molecule has 0 saturated carbocycles. The Morgan fingerprint density at radius 3 is 2.71 bits per heavy atom. The third-order valence-corrected chi connectivity index (χ3v) is 0.351. The molecule has 7 heavy (non-hydrogen) atoms. The number of carbonyl (C=O) groups is 1. The minimum Gasteiger partial charge on any atom is -0.456 e. The predicted octanol–water partition coefficient (Wildman–Crippen LogP) is -0.00311. The Morgan fingerprint density at radius 1 is 2.00 bits per heavy atom. The normalized spacial score (nSPS) is 6.86. The molecule has 0 aliphatic rings. The molecule has 2 heteroatoms. The average Bonchev–Trinajstić information content (AvgIpc) is 1.68. The molecule has 0 N–H and O–H groups in total. The standard InChI is InChI=1S/C5H5O2/c1-3-5(6)7-4-2/h1H,2,4H2. The number of esters is 1. The largest absolute Gasteiger partial charge is 0.456 e. The van der Waals surface area contributed by atoms with Crippen LogP contribution in [0.25, 0.3) is 0 Å². The number of rotatable bonds is 1. The molecule has 0 bridgehead atoms. The van der Waals surface area contributed by atoms with Crippen molar-refractivity contribution in [2.24, 2.45) is 0 Å². The molecular weight excluding hydrogens is 92.1 g/mol. The van der Waals surface area contributed by atoms with Crippen molar-refractivity contribution in [2.45, 2.75) is 0 Å². The van der Waals surface area contributed by atoms with Crippen LogP contribution in [0.4, 0.5) is 0 Å². The molecule has 1 radical (unpaired) electrons. The molecule has 0 atom stereocenters. The minimum absolute atomic E-state index is 0.100. The molecule has 2 nitrogen and oxygen atoms in total. The van der Waals surface area contributed by atoms with Gasteiger partial charge < -0.3 is 4.74 Å². The van der Waals surface area contributed by atoms with Crippen LogP contribution in [-0.4, -0.2) is 12.6 Å². The van der Waals surface area contributed by atoms with Crippen LogP contribution in [0, 0.1) is 19.3 Å². The summed E-state index contributed by atoms with van der Waals surface area (Å²) in [7, 11) is 0. The molecule has 0 heterocycles. The van der Waals surface area contributed by atoms with Crippen LogP contribution in [0.1, 0.15) is 0 Å². The lowest BCUT2D eigenvalue weighted by atomic mass is 10.7. The van der Waals surface area contributed by atoms with Gasteiger partial charge in [0.05, 0.1) is 6.61 Å². The molecule has 0 aliphatic heterocycles. The SMILES string of the molecule is C#CC(=O)OC[CH2]. The quantitative estimate of drug-likeness (QED) is 0.261. The lowest BCUT2D eigenvalue weighted by molar-refractivity contribution is -0.135. The third-order valence-electron chi connectivity index (χ3n) is 0.351. The molecular formula is C5H5O2. The van der Waals surface area contributed by atoms with Crippen LogP contribution in [0.5, 0.6) is 0 Å². The highest BCUT2D eigenvalue weighted by Crippen LogP contribution is 1.69. The van der Waals surface area contributed by atoms with Gasteiger partial charge in [-0.25, -0.2) is 4.79 Å². The van der Waals surface area contributed by atoms with E-state index in [9.17, 15) is 4.79 Å². The van der Waals surface area contributed by atoms with Gasteiger partial charge in [0.25, 0.3) is 0 Å². The van der Waals surface area contributed by atoms with Crippen molar-refractivity contribution in [3.63, 3.8) is 0 Å². The Kier molecular flexibility index (Phi) is 2.78. The van der Waals surface area contributed by atoms with E-state index in [1.807, 2.05) is 0 Å². The van der Waals surface area contributed by atoms with Gasteiger partial charge in [-0.1, -0.05) is 0 Å². The van der Waals surface area contributed by atoms with Crippen LogP contribution in [0.15, 0.2) is 0 Å². The third kappa shape index (κ3) is 2.84. The summed E-state index contributed by atoms with van der Waals surface area (Å²) in [5, 5.41) is 0. The number of carbonyl (C=O) groups excluding carboxylic acids is 1. The Hall–Kier alpha value is -0.970. The first-order chi connectivity index (χ1) is 3.31. The fourth-order valence-corrected chi connectivity index (χ4v) is 0.134. The first kappa shape index (κ1) is 6.03. The highest BCUT2D eigenvalue weighted by atomic mass is 16.5. The molecule has 0 aromatic heterocycles. The summed E-state index contributed by atoms with van der Waals surface area (Å²) in [6.45, 7) is 3.34. The van der Waals surface area contributed by atoms with E-state index in [1.165, 1.54) is 0 Å². The molecule has 0 unspecified atom stereocenters. The Labute approximate surface area is 42.5 Å². The van der Waals surface area contributed by atoms with Gasteiger partial charge in [-0.05, 0) is 6.92 Å². The van der Waals surface area contributed by atoms with Crippen molar-refractivity contribution >= 4 is 5.97 Å². The van der Waals surface area contributed by atoms with Gasteiger partial charge in [0, 0.05) is 5.92 Å². The zero-order valence-corrected chi connectivity index (χ0v) is 3.81. The summed E-state index contributed by atoms with van der Waals surface area (Å²) >= 11 is 0. The summed E-state index contributed by atoms with van der Waals surface area (Å²) in [4.78, 5) is 9.91. The van der Waals surface area contributed by atoms with Crippen LogP contribution >= 0.6 is 0 Å². The van der Waals surface area contributed by atoms with Crippen LogP contribution in [0.2, 0.25) is 0 Å². The number of terminal acetylenes is 1. The second-order valence-corrected chi connectivity index (χ2v) is 0.780. The molecule has 0 fully saturated rings. The van der Waals surface area contributed by atoms with Gasteiger partial charge in [-0.15, -0.1) is 6.42 Å². The summed E-state index contributed by atoms with van der Waals surface area (Å²) in [6.07, 6.45) is 4.61. The molecule has 37 valence electrons. The minimum atomic E-state index is -0.657. The molecule has 0 aliphatic carbocycles. The van der Waals surface area contributed by atoms with Gasteiger partial charge in [-0.2, -0.15) is 0 Å². The Balaban J connectivity index is 3.24. The van der Waals surface area contributed by atoms with E-state index < -0.39 is 5.97 Å². The van der Waals surface area contributed by atoms with E-state index in [-0.39, 0.29) is 6.61 Å². The van der Waals surface area contributed by atoms with E-state index in [4.69, 9.17) is 0 Å². The number of hydrogen-bond donors (Lipinski definition) is 0. The second-order valence-electron chi connectivity index (χ2n) is 0.780. The van der Waals surface area contributed by atoms with Gasteiger partial charge in [0.15, 0.2) is 0 Å².